The Labute approximate surface area is 155 Å². The molecular formula is C20H29N3O3. The van der Waals surface area contributed by atoms with Gasteiger partial charge in [-0.2, -0.15) is 0 Å². The lowest BCUT2D eigenvalue weighted by Crippen LogP contribution is -2.42. The van der Waals surface area contributed by atoms with E-state index in [1.807, 2.05) is 39.7 Å². The van der Waals surface area contributed by atoms with Crippen molar-refractivity contribution in [2.75, 3.05) is 39.4 Å². The Balaban J connectivity index is 1.38. The first-order valence-corrected chi connectivity index (χ1v) is 9.85. The number of carbonyl (C=O) groups is 2. The fourth-order valence-electron chi connectivity index (χ4n) is 4.90. The fourth-order valence-corrected chi connectivity index (χ4v) is 4.90. The number of rotatable bonds is 4. The van der Waals surface area contributed by atoms with Crippen LogP contribution in [0, 0.1) is 11.3 Å². The molecule has 1 aromatic rings. The number of morpholine rings is 1. The van der Waals surface area contributed by atoms with Gasteiger partial charge in [-0.3, -0.25) is 9.59 Å². The molecule has 0 aromatic carbocycles. The Morgan fingerprint density at radius 1 is 1.23 bits per heavy atom. The zero-order valence-electron chi connectivity index (χ0n) is 15.7. The van der Waals surface area contributed by atoms with E-state index < -0.39 is 0 Å². The van der Waals surface area contributed by atoms with Crippen molar-refractivity contribution in [2.24, 2.45) is 18.4 Å². The van der Waals surface area contributed by atoms with Gasteiger partial charge in [-0.1, -0.05) is 6.42 Å². The summed E-state index contributed by atoms with van der Waals surface area (Å²) in [5, 5.41) is 0. The highest BCUT2D eigenvalue weighted by Gasteiger charge is 2.51. The number of nitrogens with zero attached hydrogens (tertiary/aromatic N) is 3. The largest absolute Gasteiger partial charge is 0.378 e. The summed E-state index contributed by atoms with van der Waals surface area (Å²) in [6.07, 6.45) is 7.05. The molecule has 6 heteroatoms. The number of carbonyl (C=O) groups excluding carboxylic acids is 2. The van der Waals surface area contributed by atoms with E-state index >= 15 is 0 Å². The van der Waals surface area contributed by atoms with Gasteiger partial charge < -0.3 is 19.1 Å². The van der Waals surface area contributed by atoms with Crippen molar-refractivity contribution in [3.05, 3.63) is 24.0 Å². The lowest BCUT2D eigenvalue weighted by molar-refractivity contribution is -0.135. The van der Waals surface area contributed by atoms with E-state index in [1.54, 1.807) is 0 Å². The molecule has 1 unspecified atom stereocenters. The van der Waals surface area contributed by atoms with E-state index in [0.29, 0.717) is 38.6 Å². The summed E-state index contributed by atoms with van der Waals surface area (Å²) in [6.45, 7) is 4.38. The van der Waals surface area contributed by atoms with Crippen LogP contribution >= 0.6 is 0 Å². The molecule has 142 valence electrons. The minimum Gasteiger partial charge on any atom is -0.378 e. The molecule has 3 aliphatic rings. The summed E-state index contributed by atoms with van der Waals surface area (Å²) in [4.78, 5) is 29.4. The third kappa shape index (κ3) is 3.15. The van der Waals surface area contributed by atoms with Gasteiger partial charge in [-0.15, -0.1) is 0 Å². The Hall–Kier alpha value is -1.82. The molecule has 1 aromatic heterocycles. The van der Waals surface area contributed by atoms with Gasteiger partial charge in [0, 0.05) is 45.8 Å². The van der Waals surface area contributed by atoms with Crippen LogP contribution in [0.3, 0.4) is 0 Å². The predicted molar refractivity (Wildman–Crippen MR) is 97.7 cm³/mol. The van der Waals surface area contributed by atoms with Gasteiger partial charge in [0.05, 0.1) is 13.2 Å². The first-order chi connectivity index (χ1) is 12.6. The van der Waals surface area contributed by atoms with Crippen molar-refractivity contribution < 1.29 is 14.3 Å². The van der Waals surface area contributed by atoms with Crippen LogP contribution in [0.2, 0.25) is 0 Å². The monoisotopic (exact) mass is 359 g/mol. The third-order valence-corrected chi connectivity index (χ3v) is 6.68. The normalized spacial score (nSPS) is 24.7. The van der Waals surface area contributed by atoms with Gasteiger partial charge in [-0.25, -0.2) is 0 Å². The van der Waals surface area contributed by atoms with Gasteiger partial charge in [-0.05, 0) is 42.7 Å². The third-order valence-electron chi connectivity index (χ3n) is 6.68. The Kier molecular flexibility index (Phi) is 4.78. The predicted octanol–water partition coefficient (Wildman–Crippen LogP) is 1.91. The number of hydrogen-bond donors (Lipinski definition) is 0. The lowest BCUT2D eigenvalue weighted by Gasteiger charge is -2.43. The van der Waals surface area contributed by atoms with Gasteiger partial charge in [0.1, 0.15) is 5.69 Å². The smallest absolute Gasteiger partial charge is 0.270 e. The van der Waals surface area contributed by atoms with Crippen molar-refractivity contribution >= 4 is 11.8 Å². The van der Waals surface area contributed by atoms with Gasteiger partial charge >= 0.3 is 0 Å². The molecule has 1 spiro atoms. The van der Waals surface area contributed by atoms with E-state index in [1.165, 1.54) is 19.3 Å². The maximum atomic E-state index is 12.9. The van der Waals surface area contributed by atoms with Crippen molar-refractivity contribution in [3.63, 3.8) is 0 Å². The van der Waals surface area contributed by atoms with Crippen molar-refractivity contribution in [1.82, 2.24) is 14.4 Å². The molecule has 0 radical (unpaired) electrons. The highest BCUT2D eigenvalue weighted by atomic mass is 16.5. The van der Waals surface area contributed by atoms with Crippen LogP contribution < -0.4 is 0 Å². The first kappa shape index (κ1) is 17.6. The molecule has 3 fully saturated rings. The summed E-state index contributed by atoms with van der Waals surface area (Å²) in [5.74, 6) is 0.825. The molecule has 0 bridgehead atoms. The molecule has 6 nitrogen and oxygen atoms in total. The van der Waals surface area contributed by atoms with Crippen LogP contribution in [-0.4, -0.2) is 65.6 Å². The lowest BCUT2D eigenvalue weighted by atomic mass is 9.62. The highest BCUT2D eigenvalue weighted by molar-refractivity contribution is 5.93. The minimum absolute atomic E-state index is 0.130. The molecule has 0 N–H and O–H groups in total. The van der Waals surface area contributed by atoms with Crippen LogP contribution in [0.4, 0.5) is 0 Å². The summed E-state index contributed by atoms with van der Waals surface area (Å²) < 4.78 is 7.23. The minimum atomic E-state index is 0.130. The molecule has 1 saturated carbocycles. The zero-order valence-corrected chi connectivity index (χ0v) is 15.7. The van der Waals surface area contributed by atoms with E-state index in [4.69, 9.17) is 4.74 Å². The summed E-state index contributed by atoms with van der Waals surface area (Å²) in [7, 11) is 1.92. The summed E-state index contributed by atoms with van der Waals surface area (Å²) >= 11 is 0. The first-order valence-electron chi connectivity index (χ1n) is 9.85. The molecule has 2 amide bonds. The van der Waals surface area contributed by atoms with Crippen LogP contribution in [0.5, 0.6) is 0 Å². The number of likely N-dealkylation sites (tertiary alicyclic amines) is 1. The number of aromatic nitrogens is 1. The van der Waals surface area contributed by atoms with Gasteiger partial charge in [0.15, 0.2) is 0 Å². The van der Waals surface area contributed by atoms with Gasteiger partial charge in [0.2, 0.25) is 5.91 Å². The van der Waals surface area contributed by atoms with Crippen LogP contribution in [-0.2, 0) is 16.6 Å². The Bertz CT molecular complexity index is 674. The SMILES string of the molecule is Cn1cccc1C(=O)N1CC(CCC(=O)N2CCOCC2)C2(CCC2)C1. The molecule has 2 aliphatic heterocycles. The fraction of sp³-hybridized carbons (Fsp3) is 0.700. The van der Waals surface area contributed by atoms with Gasteiger partial charge in [0.25, 0.3) is 5.91 Å². The van der Waals surface area contributed by atoms with Crippen LogP contribution in [0.1, 0.15) is 42.6 Å². The second kappa shape index (κ2) is 7.06. The average Bonchev–Trinajstić information content (AvgIpc) is 3.23. The van der Waals surface area contributed by atoms with Crippen molar-refractivity contribution in [1.29, 1.82) is 0 Å². The quantitative estimate of drug-likeness (QED) is 0.825. The maximum absolute atomic E-state index is 12.9. The molecule has 1 aliphatic carbocycles. The Morgan fingerprint density at radius 3 is 2.62 bits per heavy atom. The topological polar surface area (TPSA) is 54.8 Å². The molecule has 4 rings (SSSR count). The zero-order chi connectivity index (χ0) is 18.1. The molecule has 26 heavy (non-hydrogen) atoms. The van der Waals surface area contributed by atoms with E-state index in [2.05, 4.69) is 0 Å². The molecular weight excluding hydrogens is 330 g/mol. The molecule has 2 saturated heterocycles. The number of hydrogen-bond acceptors (Lipinski definition) is 3. The number of amides is 2. The summed E-state index contributed by atoms with van der Waals surface area (Å²) in [5.41, 5.74) is 1.01. The summed E-state index contributed by atoms with van der Waals surface area (Å²) in [6, 6.07) is 3.81. The Morgan fingerprint density at radius 2 is 2.00 bits per heavy atom. The average molecular weight is 359 g/mol. The second-order valence-corrected chi connectivity index (χ2v) is 8.13. The standard InChI is InChI=1S/C20H29N3O3/c1-21-9-2-4-17(21)19(25)23-14-16(20(15-23)7-3-8-20)5-6-18(24)22-10-12-26-13-11-22/h2,4,9,16H,3,5-8,10-15H2,1H3. The highest BCUT2D eigenvalue weighted by Crippen LogP contribution is 2.53. The molecule has 3 heterocycles. The van der Waals surface area contributed by atoms with Crippen molar-refractivity contribution in [2.45, 2.75) is 32.1 Å². The van der Waals surface area contributed by atoms with Crippen LogP contribution in [0.25, 0.3) is 0 Å². The number of ether oxygens (including phenoxy) is 1. The molecule has 1 atom stereocenters. The van der Waals surface area contributed by atoms with E-state index in [9.17, 15) is 9.59 Å². The van der Waals surface area contributed by atoms with E-state index in [0.717, 1.165) is 25.2 Å². The number of aryl methyl sites for hydroxylation is 1. The second-order valence-electron chi connectivity index (χ2n) is 8.13. The van der Waals surface area contributed by atoms with Crippen molar-refractivity contribution in [3.8, 4) is 0 Å². The van der Waals surface area contributed by atoms with Crippen LogP contribution in [0.15, 0.2) is 18.3 Å². The van der Waals surface area contributed by atoms with E-state index in [-0.39, 0.29) is 17.2 Å². The maximum Gasteiger partial charge on any atom is 0.270 e.